The average Bonchev–Trinajstić information content (AvgIpc) is 2.54. The number of aldehydes is 1. The minimum absolute atomic E-state index is 0.0304. The molecule has 21 heavy (non-hydrogen) atoms. The van der Waals surface area contributed by atoms with Crippen molar-refractivity contribution in [2.75, 3.05) is 25.0 Å². The molecule has 0 atom stereocenters. The highest BCUT2D eigenvalue weighted by atomic mass is 16.1. The predicted octanol–water partition coefficient (Wildman–Crippen LogP) is 1.80. The van der Waals surface area contributed by atoms with Crippen molar-refractivity contribution in [1.82, 2.24) is 4.90 Å². The minimum atomic E-state index is -0.0304. The third-order valence-electron chi connectivity index (χ3n) is 3.78. The number of nitriles is 1. The predicted molar refractivity (Wildman–Crippen MR) is 79.6 cm³/mol. The van der Waals surface area contributed by atoms with E-state index in [1.54, 1.807) is 24.3 Å². The molecule has 0 saturated carbocycles. The molecule has 2 rings (SSSR count). The Morgan fingerprint density at radius 1 is 1.33 bits per heavy atom. The number of hydrogen-bond donors (Lipinski definition) is 1. The molecular formula is C16H19N3O2. The fourth-order valence-corrected chi connectivity index (χ4v) is 2.42. The lowest BCUT2D eigenvalue weighted by Crippen LogP contribution is -2.36. The lowest BCUT2D eigenvalue weighted by Gasteiger charge is -2.29. The Bertz CT molecular complexity index is 525. The van der Waals surface area contributed by atoms with Crippen LogP contribution < -0.4 is 5.32 Å². The van der Waals surface area contributed by atoms with Gasteiger partial charge in [0.25, 0.3) is 0 Å². The molecule has 1 aromatic carbocycles. The van der Waals surface area contributed by atoms with Gasteiger partial charge in [-0.3, -0.25) is 4.79 Å². The van der Waals surface area contributed by atoms with Crippen LogP contribution in [0.1, 0.15) is 24.8 Å². The lowest BCUT2D eigenvalue weighted by molar-refractivity contribution is -0.117. The number of anilines is 1. The van der Waals surface area contributed by atoms with Gasteiger partial charge in [-0.2, -0.15) is 5.26 Å². The van der Waals surface area contributed by atoms with Gasteiger partial charge >= 0.3 is 0 Å². The summed E-state index contributed by atoms with van der Waals surface area (Å²) in [6.45, 7) is 2.48. The Morgan fingerprint density at radius 3 is 2.57 bits per heavy atom. The summed E-state index contributed by atoms with van der Waals surface area (Å²) in [5, 5.41) is 11.5. The molecule has 0 aromatic heterocycles. The van der Waals surface area contributed by atoms with Crippen LogP contribution in [0.4, 0.5) is 5.69 Å². The first-order valence-corrected chi connectivity index (χ1v) is 7.19. The van der Waals surface area contributed by atoms with E-state index in [2.05, 4.69) is 10.2 Å². The lowest BCUT2D eigenvalue weighted by atomic mass is 9.98. The zero-order chi connectivity index (χ0) is 15.1. The first kappa shape index (κ1) is 15.2. The van der Waals surface area contributed by atoms with Crippen molar-refractivity contribution >= 4 is 17.9 Å². The summed E-state index contributed by atoms with van der Waals surface area (Å²) in [4.78, 5) is 24.8. The highest BCUT2D eigenvalue weighted by Gasteiger charge is 2.18. The van der Waals surface area contributed by atoms with Crippen molar-refractivity contribution in [3.8, 4) is 6.07 Å². The molecule has 5 nitrogen and oxygen atoms in total. The average molecular weight is 285 g/mol. The van der Waals surface area contributed by atoms with Gasteiger partial charge in [-0.1, -0.05) is 0 Å². The molecule has 5 heteroatoms. The fraction of sp³-hybridized carbons (Fsp3) is 0.438. The van der Waals surface area contributed by atoms with Gasteiger partial charge in [-0.25, -0.2) is 0 Å². The maximum Gasteiger partial charge on any atom is 0.225 e. The summed E-state index contributed by atoms with van der Waals surface area (Å²) in [7, 11) is 0. The van der Waals surface area contributed by atoms with Gasteiger partial charge in [0.1, 0.15) is 6.29 Å². The Balaban J connectivity index is 1.72. The van der Waals surface area contributed by atoms with Crippen LogP contribution in [-0.2, 0) is 9.59 Å². The molecule has 110 valence electrons. The Kier molecular flexibility index (Phi) is 5.47. The number of nitrogens with zero attached hydrogens (tertiary/aromatic N) is 2. The molecule has 0 radical (unpaired) electrons. The smallest absolute Gasteiger partial charge is 0.225 e. The maximum absolute atomic E-state index is 11.9. The molecule has 1 N–H and O–H groups in total. The number of hydrogen-bond acceptors (Lipinski definition) is 4. The number of rotatable bonds is 5. The largest absolute Gasteiger partial charge is 0.326 e. The summed E-state index contributed by atoms with van der Waals surface area (Å²) >= 11 is 0. The molecule has 0 spiro atoms. The van der Waals surface area contributed by atoms with E-state index in [0.29, 0.717) is 24.2 Å². The van der Waals surface area contributed by atoms with Crippen LogP contribution in [0.3, 0.4) is 0 Å². The van der Waals surface area contributed by atoms with E-state index in [1.807, 2.05) is 6.07 Å². The summed E-state index contributed by atoms with van der Waals surface area (Å²) in [5.41, 5.74) is 1.28. The van der Waals surface area contributed by atoms with Gasteiger partial charge < -0.3 is 15.0 Å². The first-order chi connectivity index (χ1) is 10.2. The molecule has 1 amide bonds. The highest BCUT2D eigenvalue weighted by molar-refractivity contribution is 5.90. The van der Waals surface area contributed by atoms with Crippen LogP contribution in [0.25, 0.3) is 0 Å². The third kappa shape index (κ3) is 4.69. The third-order valence-corrected chi connectivity index (χ3v) is 3.78. The topological polar surface area (TPSA) is 73.2 Å². The molecular weight excluding hydrogens is 266 g/mol. The quantitative estimate of drug-likeness (QED) is 0.837. The van der Waals surface area contributed by atoms with Gasteiger partial charge in [0, 0.05) is 24.6 Å². The Morgan fingerprint density at radius 2 is 2.00 bits per heavy atom. The molecule has 0 bridgehead atoms. The van der Waals surface area contributed by atoms with Crippen LogP contribution in [0.15, 0.2) is 24.3 Å². The van der Waals surface area contributed by atoms with Crippen LogP contribution >= 0.6 is 0 Å². The van der Waals surface area contributed by atoms with Crippen molar-refractivity contribution in [2.45, 2.75) is 19.3 Å². The van der Waals surface area contributed by atoms with E-state index >= 15 is 0 Å². The molecule has 1 saturated heterocycles. The zero-order valence-electron chi connectivity index (χ0n) is 11.9. The van der Waals surface area contributed by atoms with E-state index in [4.69, 9.17) is 5.26 Å². The SMILES string of the molecule is N#Cc1ccc(NC(=O)CCN2CCC(C=O)CC2)cc1. The van der Waals surface area contributed by atoms with E-state index in [1.165, 1.54) is 0 Å². The Labute approximate surface area is 124 Å². The number of benzene rings is 1. The number of piperidine rings is 1. The molecule has 1 aliphatic heterocycles. The van der Waals surface area contributed by atoms with E-state index in [0.717, 1.165) is 32.2 Å². The number of carbonyl (C=O) groups is 2. The molecule has 0 aliphatic carbocycles. The van der Waals surface area contributed by atoms with Gasteiger partial charge in [-0.15, -0.1) is 0 Å². The summed E-state index contributed by atoms with van der Waals surface area (Å²) in [6.07, 6.45) is 3.25. The van der Waals surface area contributed by atoms with Crippen molar-refractivity contribution in [3.63, 3.8) is 0 Å². The van der Waals surface area contributed by atoms with Crippen molar-refractivity contribution < 1.29 is 9.59 Å². The van der Waals surface area contributed by atoms with Crippen LogP contribution in [0.5, 0.6) is 0 Å². The number of likely N-dealkylation sites (tertiary alicyclic amines) is 1. The maximum atomic E-state index is 11.9. The second-order valence-corrected chi connectivity index (χ2v) is 5.30. The van der Waals surface area contributed by atoms with E-state index in [9.17, 15) is 9.59 Å². The minimum Gasteiger partial charge on any atom is -0.326 e. The second kappa shape index (κ2) is 7.55. The first-order valence-electron chi connectivity index (χ1n) is 7.19. The normalized spacial score (nSPS) is 16.1. The zero-order valence-corrected chi connectivity index (χ0v) is 11.9. The van der Waals surface area contributed by atoms with Gasteiger partial charge in [0.05, 0.1) is 11.6 Å². The standard InChI is InChI=1S/C16H19N3O2/c17-11-13-1-3-15(4-2-13)18-16(21)7-10-19-8-5-14(12-20)6-9-19/h1-4,12,14H,5-10H2,(H,18,21). The van der Waals surface area contributed by atoms with Gasteiger partial charge in [0.2, 0.25) is 5.91 Å². The summed E-state index contributed by atoms with van der Waals surface area (Å²) < 4.78 is 0. The van der Waals surface area contributed by atoms with Gasteiger partial charge in [-0.05, 0) is 50.2 Å². The summed E-state index contributed by atoms with van der Waals surface area (Å²) in [6, 6.07) is 8.86. The van der Waals surface area contributed by atoms with Crippen molar-refractivity contribution in [2.24, 2.45) is 5.92 Å². The second-order valence-electron chi connectivity index (χ2n) is 5.30. The van der Waals surface area contributed by atoms with Crippen molar-refractivity contribution in [1.29, 1.82) is 5.26 Å². The Hall–Kier alpha value is -2.19. The molecule has 1 fully saturated rings. The highest BCUT2D eigenvalue weighted by Crippen LogP contribution is 2.15. The molecule has 1 heterocycles. The van der Waals surface area contributed by atoms with Crippen LogP contribution in [-0.4, -0.2) is 36.7 Å². The van der Waals surface area contributed by atoms with Crippen molar-refractivity contribution in [3.05, 3.63) is 29.8 Å². The number of carbonyl (C=O) groups excluding carboxylic acids is 2. The van der Waals surface area contributed by atoms with Crippen LogP contribution in [0.2, 0.25) is 0 Å². The summed E-state index contributed by atoms with van der Waals surface area (Å²) in [5.74, 6) is 0.158. The van der Waals surface area contributed by atoms with E-state index < -0.39 is 0 Å². The van der Waals surface area contributed by atoms with E-state index in [-0.39, 0.29) is 11.8 Å². The molecule has 1 aromatic rings. The van der Waals surface area contributed by atoms with Gasteiger partial charge in [0.15, 0.2) is 0 Å². The molecule has 0 unspecified atom stereocenters. The monoisotopic (exact) mass is 285 g/mol. The number of amides is 1. The number of nitrogens with one attached hydrogen (secondary N) is 1. The fourth-order valence-electron chi connectivity index (χ4n) is 2.42. The molecule has 1 aliphatic rings. The van der Waals surface area contributed by atoms with Crippen LogP contribution in [0, 0.1) is 17.2 Å².